The first-order valence-corrected chi connectivity index (χ1v) is 7.59. The van der Waals surface area contributed by atoms with Gasteiger partial charge in [-0.25, -0.2) is 0 Å². The summed E-state index contributed by atoms with van der Waals surface area (Å²) in [6, 6.07) is 0. The van der Waals surface area contributed by atoms with E-state index in [1.807, 2.05) is 0 Å². The molecular weight excluding hydrogens is 276 g/mol. The zero-order chi connectivity index (χ0) is 13.9. The van der Waals surface area contributed by atoms with Crippen LogP contribution in [0.4, 0.5) is 0 Å². The fourth-order valence-corrected chi connectivity index (χ4v) is 3.00. The van der Waals surface area contributed by atoms with Crippen molar-refractivity contribution in [1.82, 2.24) is 0 Å². The number of hydrogen-bond donors (Lipinski definition) is 2. The molecule has 8 nitrogen and oxygen atoms in total. The first kappa shape index (κ1) is 16.3. The summed E-state index contributed by atoms with van der Waals surface area (Å²) in [4.78, 5) is 11.1. The zero-order valence-corrected chi connectivity index (χ0v) is 10.9. The van der Waals surface area contributed by atoms with Crippen LogP contribution in [0.5, 0.6) is 0 Å². The number of methoxy groups -OCH3 is 1. The molecule has 0 aromatic heterocycles. The highest BCUT2D eigenvalue weighted by atomic mass is 32.2. The number of ether oxygens (including phenoxy) is 1. The Morgan fingerprint density at radius 3 is 2.00 bits per heavy atom. The van der Waals surface area contributed by atoms with Crippen molar-refractivity contribution < 1.29 is 35.5 Å². The first-order valence-electron chi connectivity index (χ1n) is 4.48. The molecule has 0 saturated heterocycles. The maximum atomic E-state index is 11.1. The molecule has 0 aromatic carbocycles. The highest BCUT2D eigenvalue weighted by Crippen LogP contribution is 2.17. The molecule has 0 aliphatic carbocycles. The van der Waals surface area contributed by atoms with Gasteiger partial charge in [0.15, 0.2) is 0 Å². The molecule has 102 valence electrons. The van der Waals surface area contributed by atoms with Crippen molar-refractivity contribution in [3.05, 3.63) is 0 Å². The molecule has 2 atom stereocenters. The smallest absolute Gasteiger partial charge is 0.309 e. The van der Waals surface area contributed by atoms with Gasteiger partial charge in [0, 0.05) is 0 Å². The molecule has 0 bridgehead atoms. The van der Waals surface area contributed by atoms with Crippen LogP contribution in [0.15, 0.2) is 0 Å². The Morgan fingerprint density at radius 2 is 1.71 bits per heavy atom. The van der Waals surface area contributed by atoms with Gasteiger partial charge in [-0.2, -0.15) is 16.8 Å². The average molecular weight is 290 g/mol. The van der Waals surface area contributed by atoms with Gasteiger partial charge in [0.2, 0.25) is 0 Å². The molecule has 0 saturated carbocycles. The monoisotopic (exact) mass is 290 g/mol. The van der Waals surface area contributed by atoms with Crippen LogP contribution in [0.1, 0.15) is 13.3 Å². The Labute approximate surface area is 99.5 Å². The Bertz CT molecular complexity index is 462. The lowest BCUT2D eigenvalue weighted by molar-refractivity contribution is -0.144. The van der Waals surface area contributed by atoms with E-state index in [1.54, 1.807) is 0 Å². The van der Waals surface area contributed by atoms with E-state index in [1.165, 1.54) is 6.92 Å². The quantitative estimate of drug-likeness (QED) is 0.485. The Morgan fingerprint density at radius 1 is 1.24 bits per heavy atom. The van der Waals surface area contributed by atoms with Gasteiger partial charge in [0.05, 0.1) is 18.8 Å². The number of hydrogen-bond acceptors (Lipinski definition) is 6. The lowest BCUT2D eigenvalue weighted by Gasteiger charge is -2.18. The molecule has 0 rings (SSSR count). The summed E-state index contributed by atoms with van der Waals surface area (Å²) < 4.78 is 64.6. The maximum Gasteiger partial charge on any atom is 0.309 e. The van der Waals surface area contributed by atoms with Crippen LogP contribution in [0.3, 0.4) is 0 Å². The van der Waals surface area contributed by atoms with Crippen LogP contribution in [0, 0.1) is 5.92 Å². The van der Waals surface area contributed by atoms with E-state index in [4.69, 9.17) is 9.11 Å². The summed E-state index contributed by atoms with van der Waals surface area (Å²) in [5.74, 6) is -3.02. The average Bonchev–Trinajstić information content (AvgIpc) is 2.12. The predicted octanol–water partition coefficient (Wildman–Crippen LogP) is -0.670. The highest BCUT2D eigenvalue weighted by molar-refractivity contribution is 7.87. The fraction of sp³-hybridized carbons (Fsp3) is 0.857. The van der Waals surface area contributed by atoms with Gasteiger partial charge < -0.3 is 4.74 Å². The minimum atomic E-state index is -4.62. The SMILES string of the molecule is COC(=O)C(C)C(CCS(=O)(=O)O)S(=O)(=O)O. The molecular formula is C7H14O8S2. The van der Waals surface area contributed by atoms with Crippen molar-refractivity contribution in [1.29, 1.82) is 0 Å². The van der Waals surface area contributed by atoms with Crippen LogP contribution in [-0.2, 0) is 29.8 Å². The van der Waals surface area contributed by atoms with Gasteiger partial charge in [0.1, 0.15) is 5.25 Å². The molecule has 0 aliphatic rings. The summed E-state index contributed by atoms with van der Waals surface area (Å²) in [6.45, 7) is 1.17. The topological polar surface area (TPSA) is 135 Å². The summed E-state index contributed by atoms with van der Waals surface area (Å²) in [5.41, 5.74) is 0. The Kier molecular flexibility index (Phi) is 5.52. The van der Waals surface area contributed by atoms with Crippen LogP contribution >= 0.6 is 0 Å². The van der Waals surface area contributed by atoms with Gasteiger partial charge in [-0.1, -0.05) is 6.92 Å². The first-order chi connectivity index (χ1) is 7.49. The summed E-state index contributed by atoms with van der Waals surface area (Å²) in [5, 5.41) is -1.64. The normalized spacial score (nSPS) is 16.2. The molecule has 17 heavy (non-hydrogen) atoms. The van der Waals surface area contributed by atoms with E-state index < -0.39 is 49.5 Å². The molecule has 0 radical (unpaired) electrons. The van der Waals surface area contributed by atoms with E-state index >= 15 is 0 Å². The molecule has 2 unspecified atom stereocenters. The molecule has 0 amide bonds. The largest absolute Gasteiger partial charge is 0.469 e. The van der Waals surface area contributed by atoms with Gasteiger partial charge in [-0.15, -0.1) is 0 Å². The predicted molar refractivity (Wildman–Crippen MR) is 57.5 cm³/mol. The van der Waals surface area contributed by atoms with Crippen LogP contribution in [-0.4, -0.2) is 50.0 Å². The van der Waals surface area contributed by atoms with Gasteiger partial charge >= 0.3 is 5.97 Å². The van der Waals surface area contributed by atoms with Crippen LogP contribution in [0.2, 0.25) is 0 Å². The maximum absolute atomic E-state index is 11.1. The second-order valence-electron chi connectivity index (χ2n) is 3.44. The third-order valence-corrected chi connectivity index (χ3v) is 4.33. The Balaban J connectivity index is 4.98. The zero-order valence-electron chi connectivity index (χ0n) is 9.23. The van der Waals surface area contributed by atoms with E-state index in [2.05, 4.69) is 4.74 Å². The molecule has 10 heteroatoms. The van der Waals surface area contributed by atoms with Crippen LogP contribution < -0.4 is 0 Å². The van der Waals surface area contributed by atoms with Gasteiger partial charge in [0.25, 0.3) is 20.2 Å². The standard InChI is InChI=1S/C7H14O8S2/c1-5(7(8)15-2)6(17(12,13)14)3-4-16(9,10)11/h5-6H,3-4H2,1-2H3,(H,9,10,11)(H,12,13,14). The van der Waals surface area contributed by atoms with E-state index in [0.717, 1.165) is 7.11 Å². The van der Waals surface area contributed by atoms with Crippen LogP contribution in [0.25, 0.3) is 0 Å². The second-order valence-corrected chi connectivity index (χ2v) is 6.65. The molecule has 0 spiro atoms. The number of carbonyl (C=O) groups excluding carboxylic acids is 1. The Hall–Kier alpha value is -0.710. The minimum absolute atomic E-state index is 0.603. The third-order valence-electron chi connectivity index (χ3n) is 2.17. The fourth-order valence-electron chi connectivity index (χ4n) is 1.26. The molecule has 0 aliphatic heterocycles. The van der Waals surface area contributed by atoms with Crippen molar-refractivity contribution in [2.24, 2.45) is 5.92 Å². The van der Waals surface area contributed by atoms with Crippen molar-refractivity contribution >= 4 is 26.2 Å². The number of rotatable bonds is 6. The van der Waals surface area contributed by atoms with E-state index in [-0.39, 0.29) is 0 Å². The minimum Gasteiger partial charge on any atom is -0.469 e. The third kappa shape index (κ3) is 5.96. The number of esters is 1. The van der Waals surface area contributed by atoms with Crippen molar-refractivity contribution in [2.75, 3.05) is 12.9 Å². The highest BCUT2D eigenvalue weighted by Gasteiger charge is 2.35. The summed E-state index contributed by atoms with van der Waals surface area (Å²) in [7, 11) is -7.96. The van der Waals surface area contributed by atoms with E-state index in [9.17, 15) is 21.6 Å². The molecule has 0 aromatic rings. The number of carbonyl (C=O) groups is 1. The van der Waals surface area contributed by atoms with E-state index in [0.29, 0.717) is 0 Å². The van der Waals surface area contributed by atoms with Crippen molar-refractivity contribution in [3.63, 3.8) is 0 Å². The van der Waals surface area contributed by atoms with Gasteiger partial charge in [-0.3, -0.25) is 13.9 Å². The van der Waals surface area contributed by atoms with Crippen molar-refractivity contribution in [2.45, 2.75) is 18.6 Å². The lowest BCUT2D eigenvalue weighted by atomic mass is 10.1. The van der Waals surface area contributed by atoms with Crippen molar-refractivity contribution in [3.8, 4) is 0 Å². The van der Waals surface area contributed by atoms with Gasteiger partial charge in [-0.05, 0) is 6.42 Å². The molecule has 0 heterocycles. The lowest BCUT2D eigenvalue weighted by Crippen LogP contribution is -2.35. The molecule has 0 fully saturated rings. The summed E-state index contributed by atoms with van der Waals surface area (Å²) in [6.07, 6.45) is -0.603. The molecule has 2 N–H and O–H groups in total. The second kappa shape index (κ2) is 5.76. The summed E-state index contributed by atoms with van der Waals surface area (Å²) >= 11 is 0.